The molecule has 0 aliphatic heterocycles. The van der Waals surface area contributed by atoms with Gasteiger partial charge in [-0.15, -0.1) is 0 Å². The van der Waals surface area contributed by atoms with Gasteiger partial charge >= 0.3 is 5.97 Å². The van der Waals surface area contributed by atoms with Gasteiger partial charge in [-0.2, -0.15) is 0 Å². The van der Waals surface area contributed by atoms with Crippen LogP contribution in [-0.2, 0) is 14.9 Å². The van der Waals surface area contributed by atoms with E-state index in [1.165, 1.54) is 3.57 Å². The van der Waals surface area contributed by atoms with Gasteiger partial charge < -0.3 is 4.74 Å². The number of benzene rings is 1. The number of unbranched alkanes of at least 4 members (excludes halogenated alkanes) is 1. The molecule has 1 fully saturated rings. The lowest BCUT2D eigenvalue weighted by Gasteiger charge is -2.14. The summed E-state index contributed by atoms with van der Waals surface area (Å²) < 4.78 is 6.55. The van der Waals surface area contributed by atoms with E-state index in [1.54, 1.807) is 0 Å². The van der Waals surface area contributed by atoms with E-state index in [1.807, 2.05) is 0 Å². The van der Waals surface area contributed by atoms with Gasteiger partial charge in [0.2, 0.25) is 0 Å². The Labute approximate surface area is 116 Å². The molecule has 0 unspecified atom stereocenters. The van der Waals surface area contributed by atoms with Crippen LogP contribution >= 0.6 is 22.6 Å². The van der Waals surface area contributed by atoms with Gasteiger partial charge in [-0.1, -0.05) is 25.5 Å². The van der Waals surface area contributed by atoms with E-state index in [4.69, 9.17) is 4.74 Å². The second kappa shape index (κ2) is 5.38. The monoisotopic (exact) mass is 344 g/mol. The Bertz CT molecular complexity index is 393. The molecule has 1 aromatic rings. The maximum Gasteiger partial charge on any atom is 0.316 e. The molecular weight excluding hydrogens is 327 g/mol. The minimum Gasteiger partial charge on any atom is -0.465 e. The Balaban J connectivity index is 2.03. The quantitative estimate of drug-likeness (QED) is 0.463. The second-order valence-electron chi connectivity index (χ2n) is 4.58. The number of carbonyl (C=O) groups is 1. The van der Waals surface area contributed by atoms with Gasteiger partial charge in [0, 0.05) is 3.57 Å². The van der Waals surface area contributed by atoms with Crippen LogP contribution in [0.2, 0.25) is 0 Å². The minimum atomic E-state index is -0.321. The molecule has 0 heterocycles. The smallest absolute Gasteiger partial charge is 0.316 e. The molecule has 0 aromatic heterocycles. The van der Waals surface area contributed by atoms with Crippen LogP contribution in [0.15, 0.2) is 24.3 Å². The lowest BCUT2D eigenvalue weighted by Crippen LogP contribution is -2.23. The van der Waals surface area contributed by atoms with E-state index in [0.29, 0.717) is 6.61 Å². The molecule has 0 spiro atoms. The Morgan fingerprint density at radius 1 is 1.35 bits per heavy atom. The van der Waals surface area contributed by atoms with Crippen LogP contribution in [0.25, 0.3) is 0 Å². The molecule has 0 saturated heterocycles. The summed E-state index contributed by atoms with van der Waals surface area (Å²) >= 11 is 2.27. The first kappa shape index (κ1) is 12.9. The van der Waals surface area contributed by atoms with Gasteiger partial charge in [0.15, 0.2) is 0 Å². The van der Waals surface area contributed by atoms with Crippen LogP contribution in [0.5, 0.6) is 0 Å². The third kappa shape index (κ3) is 2.81. The van der Waals surface area contributed by atoms with Crippen molar-refractivity contribution in [3.8, 4) is 0 Å². The van der Waals surface area contributed by atoms with E-state index in [0.717, 1.165) is 31.2 Å². The summed E-state index contributed by atoms with van der Waals surface area (Å²) in [6.07, 6.45) is 3.87. The third-order valence-electron chi connectivity index (χ3n) is 3.27. The van der Waals surface area contributed by atoms with Crippen LogP contribution < -0.4 is 0 Å². The first-order valence-corrected chi connectivity index (χ1v) is 7.20. The zero-order valence-corrected chi connectivity index (χ0v) is 12.2. The molecule has 0 radical (unpaired) electrons. The van der Waals surface area contributed by atoms with Gasteiger partial charge in [-0.3, -0.25) is 4.79 Å². The molecular formula is C14H17IO2. The molecule has 0 bridgehead atoms. The number of hydrogen-bond acceptors (Lipinski definition) is 2. The predicted octanol–water partition coefficient (Wildman–Crippen LogP) is 3.67. The fraction of sp³-hybridized carbons (Fsp3) is 0.500. The number of esters is 1. The van der Waals surface area contributed by atoms with Gasteiger partial charge in [0.25, 0.3) is 0 Å². The van der Waals surface area contributed by atoms with Crippen LogP contribution in [0.4, 0.5) is 0 Å². The summed E-state index contributed by atoms with van der Waals surface area (Å²) in [5.74, 6) is -0.0350. The Kier molecular flexibility index (Phi) is 4.07. The van der Waals surface area contributed by atoms with Crippen molar-refractivity contribution in [2.45, 2.75) is 38.0 Å². The highest BCUT2D eigenvalue weighted by Crippen LogP contribution is 2.49. The van der Waals surface area contributed by atoms with Crippen molar-refractivity contribution in [3.05, 3.63) is 33.4 Å². The molecule has 2 nitrogen and oxygen atoms in total. The van der Waals surface area contributed by atoms with Gasteiger partial charge in [0.05, 0.1) is 12.0 Å². The predicted molar refractivity (Wildman–Crippen MR) is 75.9 cm³/mol. The van der Waals surface area contributed by atoms with Crippen molar-refractivity contribution < 1.29 is 9.53 Å². The van der Waals surface area contributed by atoms with Crippen LogP contribution in [0, 0.1) is 3.57 Å². The fourth-order valence-electron chi connectivity index (χ4n) is 1.95. The molecule has 0 atom stereocenters. The molecule has 1 aliphatic rings. The van der Waals surface area contributed by atoms with Gasteiger partial charge in [0.1, 0.15) is 0 Å². The average molecular weight is 344 g/mol. The molecule has 1 aliphatic carbocycles. The minimum absolute atomic E-state index is 0.0350. The number of ether oxygens (including phenoxy) is 1. The van der Waals surface area contributed by atoms with E-state index < -0.39 is 0 Å². The molecule has 1 aromatic carbocycles. The highest BCUT2D eigenvalue weighted by molar-refractivity contribution is 14.1. The van der Waals surface area contributed by atoms with Crippen molar-refractivity contribution in [2.24, 2.45) is 0 Å². The van der Waals surface area contributed by atoms with E-state index in [-0.39, 0.29) is 11.4 Å². The average Bonchev–Trinajstić information content (AvgIpc) is 3.11. The van der Waals surface area contributed by atoms with Crippen molar-refractivity contribution >= 4 is 28.6 Å². The number of halogens is 1. The molecule has 2 rings (SSSR count). The Hall–Kier alpha value is -0.580. The van der Waals surface area contributed by atoms with Crippen molar-refractivity contribution in [2.75, 3.05) is 6.61 Å². The molecule has 3 heteroatoms. The SMILES string of the molecule is CCCCOC(=O)C1(c2ccc(I)cc2)CC1. The van der Waals surface area contributed by atoms with E-state index >= 15 is 0 Å². The summed E-state index contributed by atoms with van der Waals surface area (Å²) in [4.78, 5) is 12.1. The summed E-state index contributed by atoms with van der Waals surface area (Å²) in [5, 5.41) is 0. The first-order valence-electron chi connectivity index (χ1n) is 6.12. The molecule has 1 saturated carbocycles. The van der Waals surface area contributed by atoms with Crippen molar-refractivity contribution in [3.63, 3.8) is 0 Å². The molecule has 0 amide bonds. The molecule has 17 heavy (non-hydrogen) atoms. The van der Waals surface area contributed by atoms with E-state index in [2.05, 4.69) is 53.8 Å². The number of rotatable bonds is 5. The lowest BCUT2D eigenvalue weighted by atomic mass is 9.96. The topological polar surface area (TPSA) is 26.3 Å². The van der Waals surface area contributed by atoms with Crippen molar-refractivity contribution in [1.29, 1.82) is 0 Å². The maximum atomic E-state index is 12.1. The highest BCUT2D eigenvalue weighted by Gasteiger charge is 2.52. The Morgan fingerprint density at radius 2 is 2.00 bits per heavy atom. The zero-order valence-electron chi connectivity index (χ0n) is 10.0. The largest absolute Gasteiger partial charge is 0.465 e. The summed E-state index contributed by atoms with van der Waals surface area (Å²) in [6, 6.07) is 8.20. The zero-order chi connectivity index (χ0) is 12.3. The van der Waals surface area contributed by atoms with E-state index in [9.17, 15) is 4.79 Å². The van der Waals surface area contributed by atoms with Crippen molar-refractivity contribution in [1.82, 2.24) is 0 Å². The number of carbonyl (C=O) groups excluding carboxylic acids is 1. The summed E-state index contributed by atoms with van der Waals surface area (Å²) in [5.41, 5.74) is 0.789. The van der Waals surface area contributed by atoms with Crippen LogP contribution in [-0.4, -0.2) is 12.6 Å². The molecule has 92 valence electrons. The van der Waals surface area contributed by atoms with Crippen LogP contribution in [0.1, 0.15) is 38.2 Å². The first-order chi connectivity index (χ1) is 8.19. The maximum absolute atomic E-state index is 12.1. The summed E-state index contributed by atoms with van der Waals surface area (Å²) in [6.45, 7) is 2.65. The third-order valence-corrected chi connectivity index (χ3v) is 3.99. The van der Waals surface area contributed by atoms with Crippen LogP contribution in [0.3, 0.4) is 0 Å². The number of hydrogen-bond donors (Lipinski definition) is 0. The normalized spacial score (nSPS) is 16.6. The Morgan fingerprint density at radius 3 is 2.53 bits per heavy atom. The summed E-state index contributed by atoms with van der Waals surface area (Å²) in [7, 11) is 0. The standard InChI is InChI=1S/C14H17IO2/c1-2-3-10-17-13(16)14(8-9-14)11-4-6-12(15)7-5-11/h4-7H,2-3,8-10H2,1H3. The lowest BCUT2D eigenvalue weighted by molar-refractivity contribution is -0.146. The molecule has 0 N–H and O–H groups in total. The highest BCUT2D eigenvalue weighted by atomic mass is 127. The fourth-order valence-corrected chi connectivity index (χ4v) is 2.31. The van der Waals surface area contributed by atoms with Gasteiger partial charge in [-0.25, -0.2) is 0 Å². The second-order valence-corrected chi connectivity index (χ2v) is 5.82. The van der Waals surface area contributed by atoms with Gasteiger partial charge in [-0.05, 0) is 59.5 Å².